The molecular formula is C17H26O. The predicted molar refractivity (Wildman–Crippen MR) is 78.2 cm³/mol. The van der Waals surface area contributed by atoms with Crippen LogP contribution < -0.4 is 0 Å². The Morgan fingerprint density at radius 2 is 1.67 bits per heavy atom. The molecule has 0 aliphatic rings. The number of rotatable bonds is 5. The fourth-order valence-corrected chi connectivity index (χ4v) is 1.97. The van der Waals surface area contributed by atoms with E-state index in [1.807, 2.05) is 12.1 Å². The zero-order valence-corrected chi connectivity index (χ0v) is 12.4. The summed E-state index contributed by atoms with van der Waals surface area (Å²) in [6.07, 6.45) is 2.80. The van der Waals surface area contributed by atoms with Crippen molar-refractivity contribution in [2.45, 2.75) is 59.3 Å². The van der Waals surface area contributed by atoms with E-state index in [0.29, 0.717) is 12.3 Å². The van der Waals surface area contributed by atoms with Crippen LogP contribution in [-0.4, -0.2) is 5.78 Å². The van der Waals surface area contributed by atoms with E-state index in [-0.39, 0.29) is 11.2 Å². The number of carbonyl (C=O) groups excluding carboxylic acids is 1. The maximum atomic E-state index is 12.0. The molecule has 0 saturated carbocycles. The lowest BCUT2D eigenvalue weighted by Gasteiger charge is -2.19. The first-order valence-corrected chi connectivity index (χ1v) is 6.94. The van der Waals surface area contributed by atoms with Crippen LogP contribution in [0.25, 0.3) is 0 Å². The topological polar surface area (TPSA) is 17.1 Å². The third-order valence-electron chi connectivity index (χ3n) is 3.26. The van der Waals surface area contributed by atoms with Crippen molar-refractivity contribution in [2.24, 2.45) is 5.92 Å². The molecule has 0 radical (unpaired) electrons. The zero-order chi connectivity index (χ0) is 13.8. The van der Waals surface area contributed by atoms with Gasteiger partial charge >= 0.3 is 0 Å². The standard InChI is InChI=1S/C17H26O/c1-13(2)7-6-8-16(18)14-9-11-15(12-10-14)17(3,4)5/h9-13H,6-8H2,1-5H3. The second-order valence-corrected chi connectivity index (χ2v) is 6.54. The summed E-state index contributed by atoms with van der Waals surface area (Å²) in [5.41, 5.74) is 2.28. The Bertz CT molecular complexity index is 379. The molecule has 1 heteroatoms. The van der Waals surface area contributed by atoms with Crippen LogP contribution in [0.1, 0.15) is 69.8 Å². The zero-order valence-electron chi connectivity index (χ0n) is 12.4. The Kier molecular flexibility index (Phi) is 5.13. The Labute approximate surface area is 112 Å². The molecule has 0 N–H and O–H groups in total. The molecule has 0 atom stereocenters. The molecule has 0 aliphatic carbocycles. The Hall–Kier alpha value is -1.11. The average molecular weight is 246 g/mol. The first kappa shape index (κ1) is 14.9. The summed E-state index contributed by atoms with van der Waals surface area (Å²) in [5, 5.41) is 0. The minimum Gasteiger partial charge on any atom is -0.294 e. The minimum absolute atomic E-state index is 0.152. The highest BCUT2D eigenvalue weighted by atomic mass is 16.1. The van der Waals surface area contributed by atoms with Gasteiger partial charge in [0.25, 0.3) is 0 Å². The van der Waals surface area contributed by atoms with Gasteiger partial charge < -0.3 is 0 Å². The second kappa shape index (κ2) is 6.17. The fraction of sp³-hybridized carbons (Fsp3) is 0.588. The Morgan fingerprint density at radius 3 is 2.11 bits per heavy atom. The number of hydrogen-bond donors (Lipinski definition) is 0. The van der Waals surface area contributed by atoms with Crippen LogP contribution in [0.2, 0.25) is 0 Å². The van der Waals surface area contributed by atoms with E-state index in [1.54, 1.807) is 0 Å². The van der Waals surface area contributed by atoms with Crippen LogP contribution in [0.3, 0.4) is 0 Å². The van der Waals surface area contributed by atoms with Gasteiger partial charge in [-0.25, -0.2) is 0 Å². The fourth-order valence-electron chi connectivity index (χ4n) is 1.97. The van der Waals surface area contributed by atoms with Gasteiger partial charge in [0.05, 0.1) is 0 Å². The van der Waals surface area contributed by atoms with E-state index in [9.17, 15) is 4.79 Å². The van der Waals surface area contributed by atoms with Crippen LogP contribution in [0, 0.1) is 5.92 Å². The summed E-state index contributed by atoms with van der Waals surface area (Å²) in [4.78, 5) is 12.0. The lowest BCUT2D eigenvalue weighted by molar-refractivity contribution is 0.0978. The lowest BCUT2D eigenvalue weighted by Crippen LogP contribution is -2.11. The predicted octanol–water partition coefficient (Wildman–Crippen LogP) is 4.99. The molecule has 18 heavy (non-hydrogen) atoms. The Balaban J connectivity index is 2.60. The maximum Gasteiger partial charge on any atom is 0.162 e. The van der Waals surface area contributed by atoms with E-state index >= 15 is 0 Å². The summed E-state index contributed by atoms with van der Waals surface area (Å²) in [6.45, 7) is 11.0. The molecule has 0 saturated heterocycles. The molecule has 0 amide bonds. The molecule has 1 aromatic carbocycles. The molecule has 100 valence electrons. The first-order valence-electron chi connectivity index (χ1n) is 6.94. The third kappa shape index (κ3) is 4.64. The van der Waals surface area contributed by atoms with Crippen molar-refractivity contribution in [1.29, 1.82) is 0 Å². The number of Topliss-reactive ketones (excluding diaryl/α,β-unsaturated/α-hetero) is 1. The Morgan fingerprint density at radius 1 is 1.11 bits per heavy atom. The monoisotopic (exact) mass is 246 g/mol. The van der Waals surface area contributed by atoms with Crippen LogP contribution in [0.5, 0.6) is 0 Å². The molecular weight excluding hydrogens is 220 g/mol. The minimum atomic E-state index is 0.152. The quantitative estimate of drug-likeness (QED) is 0.669. The van der Waals surface area contributed by atoms with Gasteiger partial charge in [0.1, 0.15) is 0 Å². The molecule has 0 spiro atoms. The highest BCUT2D eigenvalue weighted by Gasteiger charge is 2.14. The van der Waals surface area contributed by atoms with E-state index < -0.39 is 0 Å². The van der Waals surface area contributed by atoms with E-state index in [4.69, 9.17) is 0 Å². The number of ketones is 1. The maximum absolute atomic E-state index is 12.0. The SMILES string of the molecule is CC(C)CCCC(=O)c1ccc(C(C)(C)C)cc1. The number of benzene rings is 1. The third-order valence-corrected chi connectivity index (χ3v) is 3.26. The van der Waals surface area contributed by atoms with Gasteiger partial charge in [-0.05, 0) is 23.3 Å². The normalized spacial score (nSPS) is 11.9. The van der Waals surface area contributed by atoms with Crippen molar-refractivity contribution in [3.05, 3.63) is 35.4 Å². The van der Waals surface area contributed by atoms with Crippen molar-refractivity contribution in [3.8, 4) is 0 Å². The summed E-state index contributed by atoms with van der Waals surface area (Å²) < 4.78 is 0. The van der Waals surface area contributed by atoms with Crippen molar-refractivity contribution in [1.82, 2.24) is 0 Å². The molecule has 0 fully saturated rings. The first-order chi connectivity index (χ1) is 8.30. The summed E-state index contributed by atoms with van der Waals surface area (Å²) >= 11 is 0. The van der Waals surface area contributed by atoms with Gasteiger partial charge in [-0.2, -0.15) is 0 Å². The van der Waals surface area contributed by atoms with Gasteiger partial charge in [-0.15, -0.1) is 0 Å². The van der Waals surface area contributed by atoms with Crippen molar-refractivity contribution < 1.29 is 4.79 Å². The van der Waals surface area contributed by atoms with Crippen molar-refractivity contribution >= 4 is 5.78 Å². The summed E-state index contributed by atoms with van der Waals surface area (Å²) in [7, 11) is 0. The molecule has 0 aromatic heterocycles. The molecule has 0 heterocycles. The molecule has 0 bridgehead atoms. The largest absolute Gasteiger partial charge is 0.294 e. The molecule has 0 unspecified atom stereocenters. The highest BCUT2D eigenvalue weighted by Crippen LogP contribution is 2.22. The number of carbonyl (C=O) groups is 1. The van der Waals surface area contributed by atoms with E-state index in [1.165, 1.54) is 5.56 Å². The van der Waals surface area contributed by atoms with Crippen LogP contribution in [0.15, 0.2) is 24.3 Å². The average Bonchev–Trinajstić information content (AvgIpc) is 2.27. The molecule has 1 aromatic rings. The lowest BCUT2D eigenvalue weighted by atomic mass is 9.86. The van der Waals surface area contributed by atoms with Gasteiger partial charge in [-0.3, -0.25) is 4.79 Å². The van der Waals surface area contributed by atoms with Crippen LogP contribution in [0.4, 0.5) is 0 Å². The summed E-state index contributed by atoms with van der Waals surface area (Å²) in [5.74, 6) is 0.956. The second-order valence-electron chi connectivity index (χ2n) is 6.54. The number of hydrogen-bond acceptors (Lipinski definition) is 1. The van der Waals surface area contributed by atoms with Crippen molar-refractivity contribution in [2.75, 3.05) is 0 Å². The van der Waals surface area contributed by atoms with Crippen LogP contribution >= 0.6 is 0 Å². The van der Waals surface area contributed by atoms with Gasteiger partial charge in [0.2, 0.25) is 0 Å². The summed E-state index contributed by atoms with van der Waals surface area (Å²) in [6, 6.07) is 8.10. The van der Waals surface area contributed by atoms with Gasteiger partial charge in [0, 0.05) is 12.0 Å². The van der Waals surface area contributed by atoms with Crippen LogP contribution in [-0.2, 0) is 5.41 Å². The highest BCUT2D eigenvalue weighted by molar-refractivity contribution is 5.96. The van der Waals surface area contributed by atoms with Crippen molar-refractivity contribution in [3.63, 3.8) is 0 Å². The molecule has 0 aliphatic heterocycles. The van der Waals surface area contributed by atoms with Gasteiger partial charge in [0.15, 0.2) is 5.78 Å². The van der Waals surface area contributed by atoms with E-state index in [2.05, 4.69) is 46.8 Å². The van der Waals surface area contributed by atoms with E-state index in [0.717, 1.165) is 18.4 Å². The van der Waals surface area contributed by atoms with Gasteiger partial charge in [-0.1, -0.05) is 65.3 Å². The smallest absolute Gasteiger partial charge is 0.162 e. The molecule has 1 rings (SSSR count). The molecule has 1 nitrogen and oxygen atoms in total.